The largest absolute Gasteiger partial charge is 0.396 e. The molecule has 0 spiro atoms. The maximum absolute atomic E-state index is 12.9. The van der Waals surface area contributed by atoms with Gasteiger partial charge in [-0.2, -0.15) is 0 Å². The lowest BCUT2D eigenvalue weighted by Crippen LogP contribution is -2.52. The fourth-order valence-corrected chi connectivity index (χ4v) is 3.83. The summed E-state index contributed by atoms with van der Waals surface area (Å²) < 4.78 is 1.63. The summed E-state index contributed by atoms with van der Waals surface area (Å²) in [6.45, 7) is 4.20. The van der Waals surface area contributed by atoms with Crippen molar-refractivity contribution in [3.63, 3.8) is 0 Å². The molecule has 0 bridgehead atoms. The van der Waals surface area contributed by atoms with Crippen molar-refractivity contribution in [2.75, 3.05) is 6.61 Å². The maximum Gasteiger partial charge on any atom is 0.255 e. The number of nitrogens with one attached hydrogen (secondary N) is 1. The van der Waals surface area contributed by atoms with Crippen molar-refractivity contribution < 1.29 is 19.5 Å². The van der Waals surface area contributed by atoms with Gasteiger partial charge in [0.05, 0.1) is 17.6 Å². The van der Waals surface area contributed by atoms with Crippen LogP contribution >= 0.6 is 0 Å². The molecular formula is C20H23N5O4. The Morgan fingerprint density at radius 2 is 2.07 bits per heavy atom. The normalized spacial score (nSPS) is 19.5. The second kappa shape index (κ2) is 7.07. The Labute approximate surface area is 167 Å². The maximum atomic E-state index is 12.9. The first-order chi connectivity index (χ1) is 13.8. The standard InChI is InChI=1S/C20H23N5O4/c1-20(2,11-26)8-12-9-25(23-22-12)15-5-3-4-13-14(15)10-24(19(13)29)16-6-7-17(27)21-18(16)28/h3-5,9,16,26H,6-8,10-11H2,1-2H3,(H,21,27,28). The summed E-state index contributed by atoms with van der Waals surface area (Å²) in [5, 5.41) is 20.2. The number of rotatable bonds is 5. The van der Waals surface area contributed by atoms with Crippen LogP contribution in [0.4, 0.5) is 0 Å². The smallest absolute Gasteiger partial charge is 0.255 e. The molecule has 0 saturated carbocycles. The molecule has 0 aliphatic carbocycles. The van der Waals surface area contributed by atoms with Gasteiger partial charge in [0.15, 0.2) is 0 Å². The molecule has 2 aliphatic rings. The lowest BCUT2D eigenvalue weighted by molar-refractivity contribution is -0.136. The third kappa shape index (κ3) is 3.53. The predicted octanol–water partition coefficient (Wildman–Crippen LogP) is 0.589. The fraction of sp³-hybridized carbons (Fsp3) is 0.450. The molecule has 2 aromatic rings. The summed E-state index contributed by atoms with van der Waals surface area (Å²) >= 11 is 0. The van der Waals surface area contributed by atoms with Gasteiger partial charge >= 0.3 is 0 Å². The van der Waals surface area contributed by atoms with Gasteiger partial charge in [0.2, 0.25) is 11.8 Å². The zero-order valence-electron chi connectivity index (χ0n) is 16.4. The predicted molar refractivity (Wildman–Crippen MR) is 102 cm³/mol. The number of carbonyl (C=O) groups excluding carboxylic acids is 3. The molecule has 3 heterocycles. The summed E-state index contributed by atoms with van der Waals surface area (Å²) in [7, 11) is 0. The number of amides is 3. The molecule has 1 aromatic heterocycles. The molecule has 1 saturated heterocycles. The second-order valence-electron chi connectivity index (χ2n) is 8.36. The molecule has 4 rings (SSSR count). The first-order valence-corrected chi connectivity index (χ1v) is 9.58. The van der Waals surface area contributed by atoms with Crippen molar-refractivity contribution in [3.8, 4) is 5.69 Å². The van der Waals surface area contributed by atoms with E-state index in [1.807, 2.05) is 19.9 Å². The summed E-state index contributed by atoms with van der Waals surface area (Å²) in [5.74, 6) is -0.964. The quantitative estimate of drug-likeness (QED) is 0.713. The van der Waals surface area contributed by atoms with Crippen LogP contribution in [0.1, 0.15) is 48.3 Å². The van der Waals surface area contributed by atoms with Crippen LogP contribution in [0.15, 0.2) is 24.4 Å². The molecule has 9 heteroatoms. The molecule has 2 aliphatic heterocycles. The van der Waals surface area contributed by atoms with Gasteiger partial charge in [0, 0.05) is 37.1 Å². The van der Waals surface area contributed by atoms with E-state index < -0.39 is 11.9 Å². The highest BCUT2D eigenvalue weighted by atomic mass is 16.3. The number of fused-ring (bicyclic) bond motifs is 1. The van der Waals surface area contributed by atoms with Crippen LogP contribution in [0.5, 0.6) is 0 Å². The second-order valence-corrected chi connectivity index (χ2v) is 8.36. The number of benzene rings is 1. The Bertz CT molecular complexity index is 997. The first kappa shape index (κ1) is 19.3. The van der Waals surface area contributed by atoms with E-state index in [9.17, 15) is 19.5 Å². The van der Waals surface area contributed by atoms with E-state index in [0.29, 0.717) is 18.4 Å². The van der Waals surface area contributed by atoms with Crippen molar-refractivity contribution in [1.82, 2.24) is 25.2 Å². The van der Waals surface area contributed by atoms with Gasteiger partial charge in [-0.1, -0.05) is 25.1 Å². The summed E-state index contributed by atoms with van der Waals surface area (Å²) in [4.78, 5) is 38.1. The average molecular weight is 397 g/mol. The van der Waals surface area contributed by atoms with Crippen LogP contribution in [0.3, 0.4) is 0 Å². The van der Waals surface area contributed by atoms with Gasteiger partial charge in [0.25, 0.3) is 5.91 Å². The van der Waals surface area contributed by atoms with E-state index in [2.05, 4.69) is 15.6 Å². The molecule has 0 radical (unpaired) electrons. The fourth-order valence-electron chi connectivity index (χ4n) is 3.83. The highest BCUT2D eigenvalue weighted by Gasteiger charge is 2.40. The molecule has 2 N–H and O–H groups in total. The van der Waals surface area contributed by atoms with E-state index in [0.717, 1.165) is 16.9 Å². The van der Waals surface area contributed by atoms with Gasteiger partial charge in [-0.15, -0.1) is 5.10 Å². The molecule has 3 amide bonds. The molecule has 29 heavy (non-hydrogen) atoms. The molecule has 1 fully saturated rings. The van der Waals surface area contributed by atoms with E-state index in [1.165, 1.54) is 4.90 Å². The number of imide groups is 1. The molecule has 152 valence electrons. The van der Waals surface area contributed by atoms with E-state index in [4.69, 9.17) is 0 Å². The van der Waals surface area contributed by atoms with Crippen LogP contribution in [0.2, 0.25) is 0 Å². The average Bonchev–Trinajstić information content (AvgIpc) is 3.26. The molecule has 1 unspecified atom stereocenters. The van der Waals surface area contributed by atoms with Crippen molar-refractivity contribution in [2.45, 2.75) is 45.7 Å². The number of carbonyl (C=O) groups is 3. The molecular weight excluding hydrogens is 374 g/mol. The van der Waals surface area contributed by atoms with E-state index in [-0.39, 0.29) is 36.8 Å². The summed E-state index contributed by atoms with van der Waals surface area (Å²) in [6, 6.07) is 4.71. The third-order valence-electron chi connectivity index (χ3n) is 5.43. The number of aliphatic hydroxyl groups is 1. The Morgan fingerprint density at radius 1 is 1.28 bits per heavy atom. The minimum Gasteiger partial charge on any atom is -0.396 e. The summed E-state index contributed by atoms with van der Waals surface area (Å²) in [5.41, 5.74) is 2.47. The lowest BCUT2D eigenvalue weighted by Gasteiger charge is -2.29. The van der Waals surface area contributed by atoms with E-state index in [1.54, 1.807) is 23.0 Å². The van der Waals surface area contributed by atoms with Crippen LogP contribution in [-0.4, -0.2) is 55.4 Å². The summed E-state index contributed by atoms with van der Waals surface area (Å²) in [6.07, 6.45) is 2.91. The molecule has 1 atom stereocenters. The Kier molecular flexibility index (Phi) is 4.70. The molecule has 1 aromatic carbocycles. The Balaban J connectivity index is 1.62. The number of hydrogen-bond acceptors (Lipinski definition) is 6. The van der Waals surface area contributed by atoms with Crippen LogP contribution in [-0.2, 0) is 22.6 Å². The number of piperidine rings is 1. The van der Waals surface area contributed by atoms with Gasteiger partial charge in [0.1, 0.15) is 6.04 Å². The highest BCUT2D eigenvalue weighted by molar-refractivity contribution is 6.05. The van der Waals surface area contributed by atoms with Crippen LogP contribution < -0.4 is 5.32 Å². The number of nitrogens with zero attached hydrogens (tertiary/aromatic N) is 4. The van der Waals surface area contributed by atoms with Crippen LogP contribution in [0, 0.1) is 5.41 Å². The lowest BCUT2D eigenvalue weighted by atomic mass is 9.89. The van der Waals surface area contributed by atoms with Crippen molar-refractivity contribution in [2.24, 2.45) is 5.41 Å². The zero-order valence-corrected chi connectivity index (χ0v) is 16.4. The van der Waals surface area contributed by atoms with Gasteiger partial charge < -0.3 is 10.0 Å². The third-order valence-corrected chi connectivity index (χ3v) is 5.43. The monoisotopic (exact) mass is 397 g/mol. The van der Waals surface area contributed by atoms with Gasteiger partial charge in [-0.3, -0.25) is 19.7 Å². The molecule has 9 nitrogen and oxygen atoms in total. The van der Waals surface area contributed by atoms with Gasteiger partial charge in [-0.25, -0.2) is 4.68 Å². The Morgan fingerprint density at radius 3 is 2.79 bits per heavy atom. The van der Waals surface area contributed by atoms with Gasteiger partial charge in [-0.05, 0) is 24.0 Å². The van der Waals surface area contributed by atoms with E-state index >= 15 is 0 Å². The topological polar surface area (TPSA) is 117 Å². The highest BCUT2D eigenvalue weighted by Crippen LogP contribution is 2.31. The number of hydrogen-bond donors (Lipinski definition) is 2. The first-order valence-electron chi connectivity index (χ1n) is 9.58. The van der Waals surface area contributed by atoms with Crippen molar-refractivity contribution in [3.05, 3.63) is 41.2 Å². The Hall–Kier alpha value is -3.07. The minimum atomic E-state index is -0.655. The van der Waals surface area contributed by atoms with Crippen molar-refractivity contribution in [1.29, 1.82) is 0 Å². The number of aliphatic hydroxyl groups excluding tert-OH is 1. The van der Waals surface area contributed by atoms with Crippen molar-refractivity contribution >= 4 is 17.7 Å². The zero-order chi connectivity index (χ0) is 20.8. The van der Waals surface area contributed by atoms with Crippen LogP contribution in [0.25, 0.3) is 5.69 Å². The number of aromatic nitrogens is 3. The SMILES string of the molecule is CC(C)(CO)Cc1cn(-c2cccc3c2CN(C2CCC(=O)NC2=O)C3=O)nn1. The minimum absolute atomic E-state index is 0.0377.